The maximum absolute atomic E-state index is 4.97. The molecule has 0 aromatic carbocycles. The number of hydrogen-bond donors (Lipinski definition) is 0. The molecule has 0 fully saturated rings. The highest BCUT2D eigenvalue weighted by atomic mass is 16.5. The maximum atomic E-state index is 4.97. The molecule has 0 aliphatic rings. The summed E-state index contributed by atoms with van der Waals surface area (Å²) in [6.07, 6.45) is 1.70. The van der Waals surface area contributed by atoms with Crippen molar-refractivity contribution in [3.63, 3.8) is 0 Å². The minimum atomic E-state index is 0.788. The molecule has 74 valence electrons. The number of ether oxygens (including phenoxy) is 1. The molecule has 3 nitrogen and oxygen atoms in total. The summed E-state index contributed by atoms with van der Waals surface area (Å²) in [4.78, 5) is 6.09. The van der Waals surface area contributed by atoms with Crippen LogP contribution in [0.4, 0.5) is 5.82 Å². The molecule has 0 amide bonds. The second-order valence-corrected chi connectivity index (χ2v) is 2.45. The molecule has 0 saturated heterocycles. The van der Waals surface area contributed by atoms with Gasteiger partial charge < -0.3 is 9.64 Å². The van der Waals surface area contributed by atoms with E-state index in [1.54, 1.807) is 13.3 Å². The van der Waals surface area contributed by atoms with Gasteiger partial charge in [0.15, 0.2) is 0 Å². The monoisotopic (exact) mass is 182 g/mol. The van der Waals surface area contributed by atoms with Crippen molar-refractivity contribution in [2.45, 2.75) is 13.8 Å². The van der Waals surface area contributed by atoms with Gasteiger partial charge in [0, 0.05) is 14.1 Å². The highest BCUT2D eigenvalue weighted by Gasteiger charge is 1.95. The topological polar surface area (TPSA) is 25.4 Å². The summed E-state index contributed by atoms with van der Waals surface area (Å²) in [5, 5.41) is 0. The van der Waals surface area contributed by atoms with Crippen LogP contribution in [-0.4, -0.2) is 26.2 Å². The van der Waals surface area contributed by atoms with Gasteiger partial charge in [0.2, 0.25) is 0 Å². The Morgan fingerprint density at radius 2 is 1.85 bits per heavy atom. The third kappa shape index (κ3) is 3.78. The lowest BCUT2D eigenvalue weighted by molar-refractivity contribution is 0.413. The normalized spacial score (nSPS) is 8.38. The van der Waals surface area contributed by atoms with E-state index in [1.807, 2.05) is 45.0 Å². The second-order valence-electron chi connectivity index (χ2n) is 2.45. The number of nitrogens with zero attached hydrogens (tertiary/aromatic N) is 2. The zero-order chi connectivity index (χ0) is 10.3. The Balaban J connectivity index is 0.000000671. The zero-order valence-corrected chi connectivity index (χ0v) is 9.03. The first-order valence-electron chi connectivity index (χ1n) is 4.41. The van der Waals surface area contributed by atoms with Crippen molar-refractivity contribution in [3.8, 4) is 5.75 Å². The predicted octanol–water partition coefficient (Wildman–Crippen LogP) is 2.18. The average Bonchev–Trinajstić information content (AvgIpc) is 2.21. The lowest BCUT2D eigenvalue weighted by atomic mass is 10.4. The Morgan fingerprint density at radius 1 is 1.23 bits per heavy atom. The molecule has 0 aliphatic carbocycles. The van der Waals surface area contributed by atoms with Crippen molar-refractivity contribution in [1.82, 2.24) is 4.98 Å². The fourth-order valence-corrected chi connectivity index (χ4v) is 0.758. The third-order valence-corrected chi connectivity index (χ3v) is 1.41. The first kappa shape index (κ1) is 11.8. The lowest BCUT2D eigenvalue weighted by Crippen LogP contribution is -2.09. The molecule has 0 unspecified atom stereocenters. The Kier molecular flexibility index (Phi) is 5.68. The van der Waals surface area contributed by atoms with Gasteiger partial charge in [0.25, 0.3) is 0 Å². The van der Waals surface area contributed by atoms with Gasteiger partial charge in [-0.25, -0.2) is 4.98 Å². The molecule has 0 saturated carbocycles. The van der Waals surface area contributed by atoms with Crippen LogP contribution in [0.25, 0.3) is 0 Å². The van der Waals surface area contributed by atoms with Gasteiger partial charge in [-0.1, -0.05) is 13.8 Å². The number of hydrogen-bond acceptors (Lipinski definition) is 3. The summed E-state index contributed by atoms with van der Waals surface area (Å²) in [7, 11) is 5.54. The van der Waals surface area contributed by atoms with E-state index in [0.717, 1.165) is 11.6 Å². The van der Waals surface area contributed by atoms with Crippen LogP contribution >= 0.6 is 0 Å². The van der Waals surface area contributed by atoms with E-state index in [0.29, 0.717) is 0 Å². The molecule has 3 heteroatoms. The molecule has 0 N–H and O–H groups in total. The molecule has 0 spiro atoms. The molecule has 1 aromatic rings. The van der Waals surface area contributed by atoms with Crippen LogP contribution in [0.3, 0.4) is 0 Å². The number of pyridine rings is 1. The smallest absolute Gasteiger partial charge is 0.137 e. The Morgan fingerprint density at radius 3 is 2.15 bits per heavy atom. The molecule has 1 rings (SSSR count). The van der Waals surface area contributed by atoms with Crippen molar-refractivity contribution >= 4 is 5.82 Å². The zero-order valence-electron chi connectivity index (χ0n) is 9.03. The van der Waals surface area contributed by atoms with E-state index < -0.39 is 0 Å². The summed E-state index contributed by atoms with van der Waals surface area (Å²) in [6, 6.07) is 3.81. The van der Waals surface area contributed by atoms with E-state index in [-0.39, 0.29) is 0 Å². The SMILES string of the molecule is CC.COc1ccc(N(C)C)nc1. The molecule has 1 aromatic heterocycles. The van der Waals surface area contributed by atoms with Crippen molar-refractivity contribution < 1.29 is 4.74 Å². The fourth-order valence-electron chi connectivity index (χ4n) is 0.758. The average molecular weight is 182 g/mol. The third-order valence-electron chi connectivity index (χ3n) is 1.41. The highest BCUT2D eigenvalue weighted by molar-refractivity contribution is 5.38. The number of anilines is 1. The Hall–Kier alpha value is -1.25. The molecular formula is C10H18N2O. The van der Waals surface area contributed by atoms with Gasteiger partial charge in [-0.3, -0.25) is 0 Å². The van der Waals surface area contributed by atoms with Crippen molar-refractivity contribution in [2.75, 3.05) is 26.1 Å². The summed E-state index contributed by atoms with van der Waals surface area (Å²) >= 11 is 0. The fraction of sp³-hybridized carbons (Fsp3) is 0.500. The highest BCUT2D eigenvalue weighted by Crippen LogP contribution is 2.12. The number of aromatic nitrogens is 1. The summed E-state index contributed by atoms with van der Waals surface area (Å²) < 4.78 is 4.97. The number of methoxy groups -OCH3 is 1. The minimum absolute atomic E-state index is 0.788. The van der Waals surface area contributed by atoms with Crippen molar-refractivity contribution in [3.05, 3.63) is 18.3 Å². The Bertz CT molecular complexity index is 219. The van der Waals surface area contributed by atoms with Crippen LogP contribution in [0.5, 0.6) is 5.75 Å². The molecule has 0 bridgehead atoms. The molecule has 1 heterocycles. The molecule has 0 radical (unpaired) electrons. The van der Waals surface area contributed by atoms with Crippen molar-refractivity contribution in [1.29, 1.82) is 0 Å². The largest absolute Gasteiger partial charge is 0.495 e. The Labute approximate surface area is 80.4 Å². The van der Waals surface area contributed by atoms with Crippen molar-refractivity contribution in [2.24, 2.45) is 0 Å². The second kappa shape index (κ2) is 6.29. The minimum Gasteiger partial charge on any atom is -0.495 e. The quantitative estimate of drug-likeness (QED) is 0.701. The van der Waals surface area contributed by atoms with Gasteiger partial charge >= 0.3 is 0 Å². The summed E-state index contributed by atoms with van der Waals surface area (Å²) in [5.74, 6) is 1.72. The summed E-state index contributed by atoms with van der Waals surface area (Å²) in [5.41, 5.74) is 0. The van der Waals surface area contributed by atoms with Crippen LogP contribution in [0, 0.1) is 0 Å². The molecular weight excluding hydrogens is 164 g/mol. The van der Waals surface area contributed by atoms with Gasteiger partial charge in [-0.15, -0.1) is 0 Å². The van der Waals surface area contributed by atoms with E-state index >= 15 is 0 Å². The standard InChI is InChI=1S/C8H12N2O.C2H6/c1-10(2)8-5-4-7(11-3)6-9-8;1-2/h4-6H,1-3H3;1-2H3. The van der Waals surface area contributed by atoms with Gasteiger partial charge in [-0.05, 0) is 12.1 Å². The van der Waals surface area contributed by atoms with E-state index in [4.69, 9.17) is 4.74 Å². The van der Waals surface area contributed by atoms with Crippen LogP contribution in [0.1, 0.15) is 13.8 Å². The predicted molar refractivity (Wildman–Crippen MR) is 56.5 cm³/mol. The maximum Gasteiger partial charge on any atom is 0.137 e. The summed E-state index contributed by atoms with van der Waals surface area (Å²) in [6.45, 7) is 4.00. The van der Waals surface area contributed by atoms with Gasteiger partial charge in [-0.2, -0.15) is 0 Å². The van der Waals surface area contributed by atoms with Crippen LogP contribution in [0.2, 0.25) is 0 Å². The first-order chi connectivity index (χ1) is 6.24. The van der Waals surface area contributed by atoms with Crippen LogP contribution in [0.15, 0.2) is 18.3 Å². The van der Waals surface area contributed by atoms with E-state index in [9.17, 15) is 0 Å². The van der Waals surface area contributed by atoms with E-state index in [2.05, 4.69) is 4.98 Å². The van der Waals surface area contributed by atoms with Gasteiger partial charge in [0.05, 0.1) is 13.3 Å². The number of rotatable bonds is 2. The molecule has 13 heavy (non-hydrogen) atoms. The van der Waals surface area contributed by atoms with E-state index in [1.165, 1.54) is 0 Å². The van der Waals surface area contributed by atoms with Gasteiger partial charge in [0.1, 0.15) is 11.6 Å². The van der Waals surface area contributed by atoms with Crippen LogP contribution < -0.4 is 9.64 Å². The molecule has 0 atom stereocenters. The lowest BCUT2D eigenvalue weighted by Gasteiger charge is -2.10. The van der Waals surface area contributed by atoms with Crippen LogP contribution in [-0.2, 0) is 0 Å². The molecule has 0 aliphatic heterocycles. The first-order valence-corrected chi connectivity index (χ1v) is 4.41.